The number of hydrogen-bond acceptors (Lipinski definition) is 3. The fourth-order valence-electron chi connectivity index (χ4n) is 1.42. The molecule has 0 aromatic carbocycles. The summed E-state index contributed by atoms with van der Waals surface area (Å²) in [6.07, 6.45) is 1.50. The van der Waals surface area contributed by atoms with Crippen molar-refractivity contribution < 1.29 is 4.79 Å². The Balaban J connectivity index is 2.29. The summed E-state index contributed by atoms with van der Waals surface area (Å²) in [4.78, 5) is 21.7. The van der Waals surface area contributed by atoms with E-state index in [1.54, 1.807) is 25.2 Å². The Kier molecular flexibility index (Phi) is 3.93. The van der Waals surface area contributed by atoms with Crippen LogP contribution in [0.5, 0.6) is 0 Å². The third-order valence-corrected chi connectivity index (χ3v) is 2.97. The summed E-state index contributed by atoms with van der Waals surface area (Å²) >= 11 is 9.03. The lowest BCUT2D eigenvalue weighted by Crippen LogP contribution is -2.27. The molecule has 18 heavy (non-hydrogen) atoms. The first-order valence-corrected chi connectivity index (χ1v) is 6.27. The highest BCUT2D eigenvalue weighted by molar-refractivity contribution is 9.10. The molecule has 0 N–H and O–H groups in total. The maximum atomic E-state index is 12.2. The van der Waals surface area contributed by atoms with Gasteiger partial charge in [-0.1, -0.05) is 17.7 Å². The fraction of sp³-hybridized carbons (Fsp3) is 0.0833. The third kappa shape index (κ3) is 2.86. The van der Waals surface area contributed by atoms with E-state index in [1.807, 2.05) is 6.07 Å². The largest absolute Gasteiger partial charge is 0.296 e. The molecule has 0 fully saturated rings. The number of carbonyl (C=O) groups is 1. The number of aromatic nitrogens is 2. The molecule has 0 saturated heterocycles. The van der Waals surface area contributed by atoms with Gasteiger partial charge in [-0.25, -0.2) is 9.97 Å². The van der Waals surface area contributed by atoms with Crippen molar-refractivity contribution in [3.05, 3.63) is 51.8 Å². The van der Waals surface area contributed by atoms with Crippen molar-refractivity contribution in [3.8, 4) is 0 Å². The molecule has 1 amide bonds. The Morgan fingerprint density at radius 3 is 2.83 bits per heavy atom. The van der Waals surface area contributed by atoms with Gasteiger partial charge in [0.2, 0.25) is 0 Å². The monoisotopic (exact) mass is 325 g/mol. The van der Waals surface area contributed by atoms with E-state index in [0.29, 0.717) is 16.0 Å². The summed E-state index contributed by atoms with van der Waals surface area (Å²) < 4.78 is 0.674. The predicted molar refractivity (Wildman–Crippen MR) is 73.9 cm³/mol. The van der Waals surface area contributed by atoms with Crippen molar-refractivity contribution in [1.29, 1.82) is 0 Å². The highest BCUT2D eigenvalue weighted by atomic mass is 79.9. The normalized spacial score (nSPS) is 10.2. The van der Waals surface area contributed by atoms with Crippen molar-refractivity contribution in [2.45, 2.75) is 0 Å². The van der Waals surface area contributed by atoms with Crippen molar-refractivity contribution in [1.82, 2.24) is 9.97 Å². The second-order valence-electron chi connectivity index (χ2n) is 3.55. The van der Waals surface area contributed by atoms with E-state index in [4.69, 9.17) is 11.6 Å². The molecule has 0 aliphatic heterocycles. The van der Waals surface area contributed by atoms with E-state index < -0.39 is 0 Å². The smallest absolute Gasteiger partial charge is 0.259 e. The summed E-state index contributed by atoms with van der Waals surface area (Å²) in [7, 11) is 1.66. The zero-order chi connectivity index (χ0) is 13.1. The van der Waals surface area contributed by atoms with Gasteiger partial charge in [-0.2, -0.15) is 0 Å². The molecular weight excluding hydrogens is 318 g/mol. The molecule has 0 aliphatic carbocycles. The second kappa shape index (κ2) is 5.46. The van der Waals surface area contributed by atoms with E-state index in [2.05, 4.69) is 25.9 Å². The van der Waals surface area contributed by atoms with Crippen LogP contribution in [0, 0.1) is 0 Å². The molecule has 2 heterocycles. The first kappa shape index (κ1) is 13.0. The summed E-state index contributed by atoms with van der Waals surface area (Å²) in [5, 5.41) is 0.288. The summed E-state index contributed by atoms with van der Waals surface area (Å²) in [5.74, 6) is 0.368. The van der Waals surface area contributed by atoms with Crippen molar-refractivity contribution in [2.24, 2.45) is 0 Å². The number of rotatable bonds is 2. The minimum Gasteiger partial charge on any atom is -0.296 e. The molecule has 4 nitrogen and oxygen atoms in total. The van der Waals surface area contributed by atoms with Crippen molar-refractivity contribution in [3.63, 3.8) is 0 Å². The predicted octanol–water partition coefficient (Wildman–Crippen LogP) is 3.17. The van der Waals surface area contributed by atoms with Gasteiger partial charge in [0.05, 0.1) is 0 Å². The molecule has 2 rings (SSSR count). The summed E-state index contributed by atoms with van der Waals surface area (Å²) in [6, 6.07) is 8.51. The van der Waals surface area contributed by atoms with Crippen molar-refractivity contribution in [2.75, 3.05) is 11.9 Å². The second-order valence-corrected chi connectivity index (χ2v) is 4.75. The lowest BCUT2D eigenvalue weighted by molar-refractivity contribution is 0.0992. The van der Waals surface area contributed by atoms with E-state index in [9.17, 15) is 4.79 Å². The third-order valence-electron chi connectivity index (χ3n) is 2.32. The van der Waals surface area contributed by atoms with Gasteiger partial charge in [0.15, 0.2) is 0 Å². The number of carbonyl (C=O) groups excluding carboxylic acids is 1. The van der Waals surface area contributed by atoms with Gasteiger partial charge in [-0.05, 0) is 40.2 Å². The fourth-order valence-corrected chi connectivity index (χ4v) is 1.93. The summed E-state index contributed by atoms with van der Waals surface area (Å²) in [5.41, 5.74) is 0.472. The van der Waals surface area contributed by atoms with Crippen LogP contribution in [0.3, 0.4) is 0 Å². The first-order valence-electron chi connectivity index (χ1n) is 5.10. The Hall–Kier alpha value is -1.46. The maximum absolute atomic E-state index is 12.2. The molecule has 0 aliphatic rings. The number of halogens is 2. The van der Waals surface area contributed by atoms with E-state index in [-0.39, 0.29) is 11.1 Å². The molecule has 0 spiro atoms. The Bertz CT molecular complexity index is 591. The highest BCUT2D eigenvalue weighted by Gasteiger charge is 2.15. The highest BCUT2D eigenvalue weighted by Crippen LogP contribution is 2.17. The van der Waals surface area contributed by atoms with Crippen LogP contribution in [0.4, 0.5) is 5.82 Å². The van der Waals surface area contributed by atoms with Crippen LogP contribution >= 0.6 is 27.5 Å². The molecule has 0 saturated carbocycles. The standard InChI is InChI=1S/C12H9BrClN3O/c1-17(11-4-2-3-9(13)16-11)12(18)8-5-6-15-10(14)7-8/h2-7H,1H3. The quantitative estimate of drug-likeness (QED) is 0.796. The van der Waals surface area contributed by atoms with Crippen LogP contribution in [0.25, 0.3) is 0 Å². The minimum absolute atomic E-state index is 0.190. The average molecular weight is 327 g/mol. The molecule has 2 aromatic rings. The zero-order valence-electron chi connectivity index (χ0n) is 9.47. The van der Waals surface area contributed by atoms with Crippen molar-refractivity contribution >= 4 is 39.3 Å². The molecule has 6 heteroatoms. The lowest BCUT2D eigenvalue weighted by Gasteiger charge is -2.16. The van der Waals surface area contributed by atoms with Gasteiger partial charge < -0.3 is 0 Å². The molecule has 2 aromatic heterocycles. The van der Waals surface area contributed by atoms with Crippen LogP contribution in [-0.4, -0.2) is 22.9 Å². The topological polar surface area (TPSA) is 46.1 Å². The number of hydrogen-bond donors (Lipinski definition) is 0. The molecule has 0 unspecified atom stereocenters. The van der Waals surface area contributed by atoms with Crippen LogP contribution in [0.2, 0.25) is 5.15 Å². The average Bonchev–Trinajstić information content (AvgIpc) is 2.37. The number of pyridine rings is 2. The Morgan fingerprint density at radius 2 is 2.17 bits per heavy atom. The van der Waals surface area contributed by atoms with Crippen LogP contribution < -0.4 is 4.90 Å². The Morgan fingerprint density at radius 1 is 1.39 bits per heavy atom. The molecular formula is C12H9BrClN3O. The molecule has 0 atom stereocenters. The van der Waals surface area contributed by atoms with Crippen LogP contribution in [-0.2, 0) is 0 Å². The number of amides is 1. The van der Waals surface area contributed by atoms with Gasteiger partial charge in [-0.3, -0.25) is 9.69 Å². The number of anilines is 1. The SMILES string of the molecule is CN(C(=O)c1ccnc(Cl)c1)c1cccc(Br)n1. The Labute approximate surface area is 118 Å². The van der Waals surface area contributed by atoms with E-state index in [1.165, 1.54) is 17.2 Å². The first-order chi connectivity index (χ1) is 8.58. The minimum atomic E-state index is -0.190. The lowest BCUT2D eigenvalue weighted by atomic mass is 10.2. The van der Waals surface area contributed by atoms with Gasteiger partial charge in [0, 0.05) is 18.8 Å². The molecule has 0 bridgehead atoms. The zero-order valence-corrected chi connectivity index (χ0v) is 11.8. The van der Waals surface area contributed by atoms with Gasteiger partial charge in [-0.15, -0.1) is 0 Å². The van der Waals surface area contributed by atoms with E-state index >= 15 is 0 Å². The van der Waals surface area contributed by atoms with Crippen LogP contribution in [0.1, 0.15) is 10.4 Å². The summed E-state index contributed by atoms with van der Waals surface area (Å²) in [6.45, 7) is 0. The maximum Gasteiger partial charge on any atom is 0.259 e. The molecule has 0 radical (unpaired) electrons. The van der Waals surface area contributed by atoms with Gasteiger partial charge >= 0.3 is 0 Å². The van der Waals surface area contributed by atoms with Gasteiger partial charge in [0.25, 0.3) is 5.91 Å². The number of nitrogens with zero attached hydrogens (tertiary/aromatic N) is 3. The molecule has 92 valence electrons. The van der Waals surface area contributed by atoms with E-state index in [0.717, 1.165) is 0 Å². The van der Waals surface area contributed by atoms with Crippen LogP contribution in [0.15, 0.2) is 41.1 Å². The van der Waals surface area contributed by atoms with Gasteiger partial charge in [0.1, 0.15) is 15.6 Å².